The van der Waals surface area contributed by atoms with E-state index in [9.17, 15) is 9.90 Å². The van der Waals surface area contributed by atoms with Gasteiger partial charge in [0.2, 0.25) is 5.75 Å². The van der Waals surface area contributed by atoms with Crippen LogP contribution in [0.5, 0.6) is 17.2 Å². The molecule has 1 heterocycles. The molecular weight excluding hydrogens is 534 g/mol. The van der Waals surface area contributed by atoms with E-state index < -0.39 is 14.4 Å². The maximum absolute atomic E-state index is 11.2. The van der Waals surface area contributed by atoms with Gasteiger partial charge in [-0.2, -0.15) is 0 Å². The van der Waals surface area contributed by atoms with Crippen LogP contribution >= 0.6 is 0 Å². The predicted octanol–water partition coefficient (Wildman–Crippen LogP) is 5.94. The van der Waals surface area contributed by atoms with Gasteiger partial charge in [-0.15, -0.1) is 0 Å². The number of hydrogen-bond acceptors (Lipinski definition) is 5. The van der Waals surface area contributed by atoms with Crippen LogP contribution in [-0.2, 0) is 11.3 Å². The van der Waals surface area contributed by atoms with Crippen molar-refractivity contribution < 1.29 is 28.5 Å². The minimum absolute atomic E-state index is 0.212. The summed E-state index contributed by atoms with van der Waals surface area (Å²) in [6.45, 7) is 8.95. The molecule has 0 atom stereocenters. The zero-order valence-electron chi connectivity index (χ0n) is 24.9. The number of rotatable bonds is 11. The molecule has 1 fully saturated rings. The molecule has 1 aliphatic heterocycles. The first-order valence-corrected chi connectivity index (χ1v) is 16.2. The minimum atomic E-state index is -2.89. The van der Waals surface area contributed by atoms with Gasteiger partial charge in [-0.25, -0.2) is 4.79 Å². The first kappa shape index (κ1) is 30.5. The van der Waals surface area contributed by atoms with Gasteiger partial charge in [-0.1, -0.05) is 81.4 Å². The van der Waals surface area contributed by atoms with Crippen LogP contribution in [0.25, 0.3) is 0 Å². The number of carbonyl (C=O) groups is 1. The molecule has 0 aliphatic carbocycles. The number of hydrogen-bond donors (Lipinski definition) is 1. The van der Waals surface area contributed by atoms with Crippen LogP contribution < -0.4 is 24.3 Å². The van der Waals surface area contributed by atoms with E-state index >= 15 is 0 Å². The molecule has 220 valence electrons. The van der Waals surface area contributed by atoms with E-state index in [4.69, 9.17) is 18.6 Å². The summed E-state index contributed by atoms with van der Waals surface area (Å²) < 4.78 is 25.1. The highest BCUT2D eigenvalue weighted by Crippen LogP contribution is 2.44. The lowest BCUT2D eigenvalue weighted by Gasteiger charge is -2.43. The Balaban J connectivity index is 1.61. The summed E-state index contributed by atoms with van der Waals surface area (Å²) in [5, 5.41) is 11.3. The Hall–Kier alpha value is -3.49. The summed E-state index contributed by atoms with van der Waals surface area (Å²) in [6.07, 6.45) is 1.83. The lowest BCUT2D eigenvalue weighted by atomic mass is 9.94. The third-order valence-corrected chi connectivity index (χ3v) is 12.9. The van der Waals surface area contributed by atoms with Crippen molar-refractivity contribution in [2.75, 3.05) is 33.9 Å². The van der Waals surface area contributed by atoms with Gasteiger partial charge >= 0.3 is 14.4 Å². The fourth-order valence-electron chi connectivity index (χ4n) is 5.81. The second-order valence-electron chi connectivity index (χ2n) is 11.6. The van der Waals surface area contributed by atoms with Crippen LogP contribution in [0.1, 0.15) is 45.6 Å². The van der Waals surface area contributed by atoms with Gasteiger partial charge in [0, 0.05) is 19.7 Å². The summed E-state index contributed by atoms with van der Waals surface area (Å²) in [5.74, 6) is 2.28. The van der Waals surface area contributed by atoms with Crippen LogP contribution in [0.3, 0.4) is 0 Å². The summed E-state index contributed by atoms with van der Waals surface area (Å²) in [7, 11) is 0.385. The van der Waals surface area contributed by atoms with Gasteiger partial charge in [-0.05, 0) is 58.3 Å². The van der Waals surface area contributed by atoms with Gasteiger partial charge in [-0.3, -0.25) is 0 Å². The van der Waals surface area contributed by atoms with Gasteiger partial charge in [0.15, 0.2) is 11.5 Å². The molecular formula is C33H43NO6Si. The van der Waals surface area contributed by atoms with Crippen LogP contribution in [0.4, 0.5) is 4.79 Å². The average Bonchev–Trinajstić information content (AvgIpc) is 2.98. The van der Waals surface area contributed by atoms with Crippen LogP contribution in [0.15, 0.2) is 72.8 Å². The van der Waals surface area contributed by atoms with Crippen molar-refractivity contribution in [3.8, 4) is 17.2 Å². The number of likely N-dealkylation sites (tertiary alicyclic amines) is 1. The Morgan fingerprint density at radius 2 is 1.46 bits per heavy atom. The van der Waals surface area contributed by atoms with Crippen molar-refractivity contribution in [1.29, 1.82) is 0 Å². The Labute approximate surface area is 245 Å². The second-order valence-corrected chi connectivity index (χ2v) is 15.9. The number of piperidine rings is 1. The first-order valence-electron chi connectivity index (χ1n) is 14.3. The van der Waals surface area contributed by atoms with Crippen molar-refractivity contribution in [3.63, 3.8) is 0 Å². The predicted molar refractivity (Wildman–Crippen MR) is 164 cm³/mol. The Morgan fingerprint density at radius 1 is 0.902 bits per heavy atom. The molecule has 1 amide bonds. The fourth-order valence-corrected chi connectivity index (χ4v) is 10.2. The van der Waals surface area contributed by atoms with Crippen LogP contribution in [0.2, 0.25) is 5.04 Å². The summed E-state index contributed by atoms with van der Waals surface area (Å²) in [4.78, 5) is 12.7. The lowest BCUT2D eigenvalue weighted by Crippen LogP contribution is -2.68. The maximum Gasteiger partial charge on any atom is 0.407 e. The molecule has 0 bridgehead atoms. The number of nitrogens with zero attached hydrogens (tertiary/aromatic N) is 1. The van der Waals surface area contributed by atoms with E-state index in [1.165, 1.54) is 15.3 Å². The normalized spacial score (nSPS) is 14.5. The highest BCUT2D eigenvalue weighted by atomic mass is 28.4. The molecule has 0 aromatic heterocycles. The number of carboxylic acid groups (broad SMARTS) is 1. The Bertz CT molecular complexity index is 1230. The number of methoxy groups -OCH3 is 2. The van der Waals surface area contributed by atoms with Gasteiger partial charge < -0.3 is 28.6 Å². The highest BCUT2D eigenvalue weighted by Gasteiger charge is 2.52. The smallest absolute Gasteiger partial charge is 0.407 e. The van der Waals surface area contributed by atoms with Crippen LogP contribution in [-0.4, -0.2) is 58.3 Å². The molecule has 3 aromatic carbocycles. The van der Waals surface area contributed by atoms with Crippen molar-refractivity contribution in [1.82, 2.24) is 4.90 Å². The molecule has 1 saturated heterocycles. The zero-order chi connectivity index (χ0) is 29.5. The standard InChI is InChI=1S/C33H43NO6Si/c1-33(2,3)41(27-12-8-6-9-13-27,28-14-10-7-11-15-28)40-30-23-26(22-29(37-4)31(30)38-5)24-39-21-18-25-16-19-34(20-17-25)32(35)36/h6-15,22-23,25H,16-21,24H2,1-5H3,(H,35,36). The quantitative estimate of drug-likeness (QED) is 0.225. The molecule has 3 aromatic rings. The van der Waals surface area contributed by atoms with Gasteiger partial charge in [0.1, 0.15) is 0 Å². The Morgan fingerprint density at radius 3 is 1.95 bits per heavy atom. The largest absolute Gasteiger partial charge is 0.531 e. The molecule has 8 heteroatoms. The third kappa shape index (κ3) is 6.88. The monoisotopic (exact) mass is 577 g/mol. The van der Waals surface area contributed by atoms with Crippen molar-refractivity contribution >= 4 is 24.8 Å². The maximum atomic E-state index is 11.2. The molecule has 4 rings (SSSR count). The first-order chi connectivity index (χ1) is 19.7. The van der Waals surface area contributed by atoms with E-state index in [0.29, 0.717) is 49.5 Å². The second kappa shape index (κ2) is 13.4. The average molecular weight is 578 g/mol. The SMILES string of the molecule is COc1cc(COCCC2CCN(C(=O)O)CC2)cc(O[Si](c2ccccc2)(c2ccccc2)C(C)(C)C)c1OC. The molecule has 1 aliphatic rings. The van der Waals surface area contributed by atoms with E-state index in [1.807, 2.05) is 24.3 Å². The highest BCUT2D eigenvalue weighted by molar-refractivity contribution is 7.00. The topological polar surface area (TPSA) is 77.5 Å². The fraction of sp³-hybridized carbons (Fsp3) is 0.424. The van der Waals surface area contributed by atoms with E-state index in [0.717, 1.165) is 24.8 Å². The molecule has 0 spiro atoms. The number of benzene rings is 3. The van der Waals surface area contributed by atoms with Crippen molar-refractivity contribution in [2.24, 2.45) is 5.92 Å². The summed E-state index contributed by atoms with van der Waals surface area (Å²) in [5.41, 5.74) is 0.941. The number of amides is 1. The Kier molecular flexibility index (Phi) is 9.99. The summed E-state index contributed by atoms with van der Waals surface area (Å²) in [6, 6.07) is 25.0. The molecule has 41 heavy (non-hydrogen) atoms. The van der Waals surface area contributed by atoms with Crippen molar-refractivity contribution in [3.05, 3.63) is 78.4 Å². The van der Waals surface area contributed by atoms with Crippen LogP contribution in [0, 0.1) is 5.92 Å². The molecule has 0 radical (unpaired) electrons. The van der Waals surface area contributed by atoms with E-state index in [-0.39, 0.29) is 5.04 Å². The minimum Gasteiger partial charge on any atom is -0.531 e. The molecule has 7 nitrogen and oxygen atoms in total. The molecule has 1 N–H and O–H groups in total. The molecule has 0 saturated carbocycles. The van der Waals surface area contributed by atoms with Gasteiger partial charge in [0.05, 0.1) is 20.8 Å². The summed E-state index contributed by atoms with van der Waals surface area (Å²) >= 11 is 0. The lowest BCUT2D eigenvalue weighted by molar-refractivity contribution is 0.0877. The van der Waals surface area contributed by atoms with E-state index in [2.05, 4.69) is 69.3 Å². The zero-order valence-corrected chi connectivity index (χ0v) is 25.9. The van der Waals surface area contributed by atoms with E-state index in [1.54, 1.807) is 14.2 Å². The van der Waals surface area contributed by atoms with Gasteiger partial charge in [0.25, 0.3) is 0 Å². The van der Waals surface area contributed by atoms with Crippen molar-refractivity contribution in [2.45, 2.75) is 51.7 Å². The molecule has 0 unspecified atom stereocenters. The number of ether oxygens (including phenoxy) is 3. The third-order valence-electron chi connectivity index (χ3n) is 8.01.